The first-order chi connectivity index (χ1) is 12.1. The van der Waals surface area contributed by atoms with Crippen molar-refractivity contribution in [1.82, 2.24) is 16.0 Å². The highest BCUT2D eigenvalue weighted by atomic mass is 16.4. The number of carbonyl (C=O) groups is 4. The monoisotopic (exact) mass is 372 g/mol. The molecule has 26 heavy (non-hydrogen) atoms. The van der Waals surface area contributed by atoms with Gasteiger partial charge >= 0.3 is 5.97 Å². The number of nitrogens with one attached hydrogen (secondary N) is 3. The molecule has 3 amide bonds. The number of nitrogens with two attached hydrogens (primary N) is 1. The maximum atomic E-state index is 12.3. The van der Waals surface area contributed by atoms with Crippen LogP contribution in [-0.2, 0) is 19.2 Å². The van der Waals surface area contributed by atoms with E-state index < -0.39 is 35.9 Å². The summed E-state index contributed by atoms with van der Waals surface area (Å²) in [7, 11) is 0. The summed E-state index contributed by atoms with van der Waals surface area (Å²) < 4.78 is 0. The molecule has 0 aliphatic rings. The summed E-state index contributed by atoms with van der Waals surface area (Å²) in [6.07, 6.45) is 1.48. The Hall–Kier alpha value is -2.16. The zero-order valence-electron chi connectivity index (χ0n) is 16.0. The Bertz CT molecular complexity index is 496. The van der Waals surface area contributed by atoms with Gasteiger partial charge in [0.1, 0.15) is 18.1 Å². The minimum Gasteiger partial charge on any atom is -0.480 e. The molecule has 0 saturated carbocycles. The molecular weight excluding hydrogens is 340 g/mol. The van der Waals surface area contributed by atoms with Crippen molar-refractivity contribution in [2.75, 3.05) is 6.54 Å². The summed E-state index contributed by atoms with van der Waals surface area (Å²) in [6, 6.07) is -2.71. The second-order valence-electron chi connectivity index (χ2n) is 6.71. The third-order valence-electron chi connectivity index (χ3n) is 3.67. The summed E-state index contributed by atoms with van der Waals surface area (Å²) in [5, 5.41) is 16.7. The highest BCUT2D eigenvalue weighted by molar-refractivity contribution is 5.93. The van der Waals surface area contributed by atoms with E-state index >= 15 is 0 Å². The van der Waals surface area contributed by atoms with Crippen molar-refractivity contribution >= 4 is 23.7 Å². The highest BCUT2D eigenvalue weighted by Gasteiger charge is 2.27. The van der Waals surface area contributed by atoms with E-state index in [-0.39, 0.29) is 31.2 Å². The van der Waals surface area contributed by atoms with E-state index in [2.05, 4.69) is 16.0 Å². The first kappa shape index (κ1) is 23.8. The second-order valence-corrected chi connectivity index (χ2v) is 6.71. The van der Waals surface area contributed by atoms with Crippen LogP contribution in [0.1, 0.15) is 53.4 Å². The summed E-state index contributed by atoms with van der Waals surface area (Å²) in [6.45, 7) is 7.22. The number of carboxylic acid groups (broad SMARTS) is 1. The molecule has 0 aliphatic carbocycles. The number of aliphatic carboxylic acids is 1. The van der Waals surface area contributed by atoms with Gasteiger partial charge in [-0.15, -0.1) is 0 Å². The molecule has 0 aromatic rings. The molecule has 0 unspecified atom stereocenters. The van der Waals surface area contributed by atoms with Crippen molar-refractivity contribution in [3.05, 3.63) is 0 Å². The largest absolute Gasteiger partial charge is 0.480 e. The smallest absolute Gasteiger partial charge is 0.326 e. The Kier molecular flexibility index (Phi) is 11.2. The second kappa shape index (κ2) is 12.2. The lowest BCUT2D eigenvalue weighted by Crippen LogP contribution is -2.54. The first-order valence-corrected chi connectivity index (χ1v) is 8.95. The van der Waals surface area contributed by atoms with E-state index in [9.17, 15) is 24.3 Å². The fourth-order valence-electron chi connectivity index (χ4n) is 2.32. The highest BCUT2D eigenvalue weighted by Crippen LogP contribution is 2.05. The zero-order valence-corrected chi connectivity index (χ0v) is 16.0. The van der Waals surface area contributed by atoms with Crippen LogP contribution in [-0.4, -0.2) is 53.5 Å². The van der Waals surface area contributed by atoms with Crippen molar-refractivity contribution in [1.29, 1.82) is 0 Å². The van der Waals surface area contributed by atoms with Crippen LogP contribution in [0.5, 0.6) is 0 Å². The molecule has 9 nitrogen and oxygen atoms in total. The Morgan fingerprint density at radius 3 is 2.04 bits per heavy atom. The minimum atomic E-state index is -1.12. The topological polar surface area (TPSA) is 151 Å². The average Bonchev–Trinajstić information content (AvgIpc) is 2.53. The molecule has 0 saturated heterocycles. The molecule has 9 heteroatoms. The summed E-state index contributed by atoms with van der Waals surface area (Å²) in [5.41, 5.74) is 5.32. The maximum absolute atomic E-state index is 12.3. The van der Waals surface area contributed by atoms with E-state index in [1.165, 1.54) is 6.92 Å². The molecule has 0 heterocycles. The van der Waals surface area contributed by atoms with Gasteiger partial charge in [0.05, 0.1) is 0 Å². The van der Waals surface area contributed by atoms with Crippen molar-refractivity contribution in [2.45, 2.75) is 71.5 Å². The molecule has 0 radical (unpaired) electrons. The fraction of sp³-hybridized carbons (Fsp3) is 0.765. The lowest BCUT2D eigenvalue weighted by Gasteiger charge is -2.22. The van der Waals surface area contributed by atoms with Crippen LogP contribution < -0.4 is 21.7 Å². The lowest BCUT2D eigenvalue weighted by molar-refractivity contribution is -0.142. The van der Waals surface area contributed by atoms with E-state index in [0.29, 0.717) is 12.8 Å². The van der Waals surface area contributed by atoms with Crippen LogP contribution in [0.2, 0.25) is 0 Å². The average molecular weight is 372 g/mol. The predicted octanol–water partition coefficient (Wildman–Crippen LogP) is -0.260. The van der Waals surface area contributed by atoms with Gasteiger partial charge in [-0.25, -0.2) is 4.79 Å². The van der Waals surface area contributed by atoms with Crippen LogP contribution >= 0.6 is 0 Å². The van der Waals surface area contributed by atoms with Gasteiger partial charge in [-0.2, -0.15) is 0 Å². The van der Waals surface area contributed by atoms with E-state index in [0.717, 1.165) is 0 Å². The van der Waals surface area contributed by atoms with Crippen LogP contribution in [0.3, 0.4) is 0 Å². The van der Waals surface area contributed by atoms with Crippen molar-refractivity contribution in [2.24, 2.45) is 11.7 Å². The fourth-order valence-corrected chi connectivity index (χ4v) is 2.32. The van der Waals surface area contributed by atoms with Gasteiger partial charge in [-0.05, 0) is 25.7 Å². The lowest BCUT2D eigenvalue weighted by atomic mass is 10.0. The molecule has 0 bridgehead atoms. The molecule has 0 fully saturated rings. The normalized spacial score (nSPS) is 14.2. The molecule has 0 aromatic heterocycles. The van der Waals surface area contributed by atoms with Gasteiger partial charge in [0.25, 0.3) is 0 Å². The standard InChI is InChI=1S/C17H32N4O5/c1-5-6-12(20-14(22)7-8-18)16(24)19-11(4)15(23)21-13(17(25)26)9-10(2)3/h10-13H,5-9,18H2,1-4H3,(H,19,24)(H,20,22)(H,21,23)(H,25,26)/t11-,12-,13-/m0/s1. The number of carboxylic acids is 1. The quantitative estimate of drug-likeness (QED) is 0.318. The van der Waals surface area contributed by atoms with Gasteiger partial charge in [-0.1, -0.05) is 27.2 Å². The van der Waals surface area contributed by atoms with Gasteiger partial charge < -0.3 is 26.8 Å². The third kappa shape index (κ3) is 9.36. The number of carbonyl (C=O) groups excluding carboxylic acids is 3. The molecule has 6 N–H and O–H groups in total. The number of hydrogen-bond donors (Lipinski definition) is 5. The molecular formula is C17H32N4O5. The minimum absolute atomic E-state index is 0.0907. The van der Waals surface area contributed by atoms with Crippen molar-refractivity contribution in [3.63, 3.8) is 0 Å². The SMILES string of the molecule is CCC[C@H](NC(=O)CCN)C(=O)N[C@@H](C)C(=O)N[C@@H](CC(C)C)C(=O)O. The maximum Gasteiger partial charge on any atom is 0.326 e. The molecule has 0 spiro atoms. The number of rotatable bonds is 12. The van der Waals surface area contributed by atoms with Crippen LogP contribution in [0.25, 0.3) is 0 Å². The van der Waals surface area contributed by atoms with Crippen molar-refractivity contribution < 1.29 is 24.3 Å². The van der Waals surface area contributed by atoms with Gasteiger partial charge in [0.15, 0.2) is 0 Å². The Labute approximate surface area is 154 Å². The van der Waals surface area contributed by atoms with Crippen LogP contribution in [0.15, 0.2) is 0 Å². The Morgan fingerprint density at radius 1 is 0.962 bits per heavy atom. The Morgan fingerprint density at radius 2 is 1.58 bits per heavy atom. The summed E-state index contributed by atoms with van der Waals surface area (Å²) >= 11 is 0. The molecule has 3 atom stereocenters. The Balaban J connectivity index is 4.78. The van der Waals surface area contributed by atoms with E-state index in [1.807, 2.05) is 20.8 Å². The van der Waals surface area contributed by atoms with E-state index in [1.54, 1.807) is 0 Å². The first-order valence-electron chi connectivity index (χ1n) is 8.95. The molecule has 150 valence electrons. The zero-order chi connectivity index (χ0) is 20.3. The number of amides is 3. The molecule has 0 aliphatic heterocycles. The van der Waals surface area contributed by atoms with Gasteiger partial charge in [0, 0.05) is 13.0 Å². The molecule has 0 rings (SSSR count). The van der Waals surface area contributed by atoms with Crippen molar-refractivity contribution in [3.8, 4) is 0 Å². The van der Waals surface area contributed by atoms with Gasteiger partial charge in [-0.3, -0.25) is 14.4 Å². The van der Waals surface area contributed by atoms with Crippen LogP contribution in [0.4, 0.5) is 0 Å². The molecule has 0 aromatic carbocycles. The van der Waals surface area contributed by atoms with Crippen LogP contribution in [0, 0.1) is 5.92 Å². The summed E-state index contributed by atoms with van der Waals surface area (Å²) in [5.74, 6) is -2.44. The summed E-state index contributed by atoms with van der Waals surface area (Å²) in [4.78, 5) is 47.4. The number of hydrogen-bond acceptors (Lipinski definition) is 5. The third-order valence-corrected chi connectivity index (χ3v) is 3.67. The van der Waals surface area contributed by atoms with Gasteiger partial charge in [0.2, 0.25) is 17.7 Å². The predicted molar refractivity (Wildman–Crippen MR) is 97.1 cm³/mol. The van der Waals surface area contributed by atoms with E-state index in [4.69, 9.17) is 5.73 Å².